The molecule has 19 heavy (non-hydrogen) atoms. The molecule has 0 radical (unpaired) electrons. The number of hydrogen-bond acceptors (Lipinski definition) is 3. The second-order valence-electron chi connectivity index (χ2n) is 5.27. The van der Waals surface area contributed by atoms with E-state index in [1.54, 1.807) is 0 Å². The molecule has 0 saturated heterocycles. The molecule has 0 spiro atoms. The molecule has 0 bridgehead atoms. The molecule has 3 nitrogen and oxygen atoms in total. The fourth-order valence-corrected chi connectivity index (χ4v) is 3.67. The zero-order valence-electron chi connectivity index (χ0n) is 10.8. The molecule has 0 unspecified atom stereocenters. The maximum atomic E-state index is 12.1. The summed E-state index contributed by atoms with van der Waals surface area (Å²) in [5.74, 6) is 0.723. The van der Waals surface area contributed by atoms with Gasteiger partial charge in [-0.2, -0.15) is 0 Å². The van der Waals surface area contributed by atoms with Gasteiger partial charge in [0, 0.05) is 16.9 Å². The topological polar surface area (TPSA) is 55.1 Å². The average molecular weight is 274 g/mol. The highest BCUT2D eigenvalue weighted by Crippen LogP contribution is 2.28. The molecular formula is C15H18N2OS. The lowest BCUT2D eigenvalue weighted by Crippen LogP contribution is -2.27. The molecule has 4 heteroatoms. The number of nitrogens with one attached hydrogen (secondary N) is 1. The normalized spacial score (nSPS) is 16.0. The number of amides is 1. The first-order valence-corrected chi connectivity index (χ1v) is 7.61. The SMILES string of the molecule is Nc1ccc2sc(C(=O)NCC3CCCC3)cc2c1. The molecule has 3 rings (SSSR count). The molecule has 1 aromatic carbocycles. The lowest BCUT2D eigenvalue weighted by Gasteiger charge is -2.09. The Kier molecular flexibility index (Phi) is 3.42. The third-order valence-electron chi connectivity index (χ3n) is 3.79. The van der Waals surface area contributed by atoms with Crippen LogP contribution in [0.15, 0.2) is 24.3 Å². The largest absolute Gasteiger partial charge is 0.399 e. The van der Waals surface area contributed by atoms with Crippen LogP contribution in [0.3, 0.4) is 0 Å². The second-order valence-corrected chi connectivity index (χ2v) is 6.35. The maximum absolute atomic E-state index is 12.1. The van der Waals surface area contributed by atoms with Crippen molar-refractivity contribution in [2.75, 3.05) is 12.3 Å². The minimum atomic E-state index is 0.0478. The van der Waals surface area contributed by atoms with E-state index in [0.29, 0.717) is 5.92 Å². The molecule has 1 fully saturated rings. The molecule has 100 valence electrons. The van der Waals surface area contributed by atoms with Crippen molar-refractivity contribution in [2.24, 2.45) is 5.92 Å². The van der Waals surface area contributed by atoms with Gasteiger partial charge in [-0.05, 0) is 48.4 Å². The fraction of sp³-hybridized carbons (Fsp3) is 0.400. The number of nitrogen functional groups attached to an aromatic ring is 1. The van der Waals surface area contributed by atoms with E-state index in [1.807, 2.05) is 24.3 Å². The molecule has 1 amide bonds. The van der Waals surface area contributed by atoms with Crippen LogP contribution in [0, 0.1) is 5.92 Å². The first-order chi connectivity index (χ1) is 9.22. The molecule has 0 atom stereocenters. The van der Waals surface area contributed by atoms with Gasteiger partial charge in [0.1, 0.15) is 0 Å². The van der Waals surface area contributed by atoms with Crippen molar-refractivity contribution in [3.8, 4) is 0 Å². The van der Waals surface area contributed by atoms with Gasteiger partial charge in [-0.15, -0.1) is 11.3 Å². The van der Waals surface area contributed by atoms with Crippen LogP contribution in [-0.4, -0.2) is 12.5 Å². The summed E-state index contributed by atoms with van der Waals surface area (Å²) in [5.41, 5.74) is 6.49. The van der Waals surface area contributed by atoms with Crippen molar-refractivity contribution < 1.29 is 4.79 Å². The van der Waals surface area contributed by atoms with Gasteiger partial charge in [-0.1, -0.05) is 12.8 Å². The van der Waals surface area contributed by atoms with Crippen LogP contribution in [0.5, 0.6) is 0 Å². The number of fused-ring (bicyclic) bond motifs is 1. The quantitative estimate of drug-likeness (QED) is 0.843. The van der Waals surface area contributed by atoms with Gasteiger partial charge in [0.15, 0.2) is 0 Å². The highest BCUT2D eigenvalue weighted by atomic mass is 32.1. The summed E-state index contributed by atoms with van der Waals surface area (Å²) < 4.78 is 1.11. The number of anilines is 1. The van der Waals surface area contributed by atoms with Gasteiger partial charge in [0.25, 0.3) is 5.91 Å². The van der Waals surface area contributed by atoms with Crippen molar-refractivity contribution in [3.63, 3.8) is 0 Å². The zero-order chi connectivity index (χ0) is 13.2. The van der Waals surface area contributed by atoms with Crippen molar-refractivity contribution >= 4 is 33.0 Å². The van der Waals surface area contributed by atoms with E-state index in [1.165, 1.54) is 37.0 Å². The molecule has 0 aliphatic heterocycles. The molecule has 1 heterocycles. The summed E-state index contributed by atoms with van der Waals surface area (Å²) in [7, 11) is 0. The molecular weight excluding hydrogens is 256 g/mol. The Morgan fingerprint density at radius 2 is 2.11 bits per heavy atom. The van der Waals surface area contributed by atoms with Crippen LogP contribution >= 0.6 is 11.3 Å². The second kappa shape index (κ2) is 5.21. The van der Waals surface area contributed by atoms with E-state index in [-0.39, 0.29) is 5.91 Å². The minimum Gasteiger partial charge on any atom is -0.399 e. The third kappa shape index (κ3) is 2.73. The van der Waals surface area contributed by atoms with Crippen LogP contribution in [0.2, 0.25) is 0 Å². The summed E-state index contributed by atoms with van der Waals surface area (Å²) in [6, 6.07) is 7.70. The Balaban J connectivity index is 1.70. The summed E-state index contributed by atoms with van der Waals surface area (Å²) in [6.07, 6.45) is 5.12. The van der Waals surface area contributed by atoms with E-state index < -0.39 is 0 Å². The van der Waals surface area contributed by atoms with Crippen molar-refractivity contribution in [2.45, 2.75) is 25.7 Å². The fourth-order valence-electron chi connectivity index (χ4n) is 2.71. The molecule has 1 saturated carbocycles. The third-order valence-corrected chi connectivity index (χ3v) is 4.91. The van der Waals surface area contributed by atoms with E-state index in [0.717, 1.165) is 27.2 Å². The number of carbonyl (C=O) groups is 1. The van der Waals surface area contributed by atoms with E-state index in [4.69, 9.17) is 5.73 Å². The molecule has 1 aromatic heterocycles. The van der Waals surface area contributed by atoms with Gasteiger partial charge >= 0.3 is 0 Å². The number of carbonyl (C=O) groups excluding carboxylic acids is 1. The molecule has 1 aliphatic rings. The summed E-state index contributed by atoms with van der Waals surface area (Å²) >= 11 is 1.53. The number of benzene rings is 1. The predicted molar refractivity (Wildman–Crippen MR) is 80.5 cm³/mol. The predicted octanol–water partition coefficient (Wildman–Crippen LogP) is 3.40. The van der Waals surface area contributed by atoms with Crippen molar-refractivity contribution in [1.29, 1.82) is 0 Å². The van der Waals surface area contributed by atoms with E-state index in [2.05, 4.69) is 5.32 Å². The molecule has 2 aromatic rings. The first kappa shape index (κ1) is 12.5. The lowest BCUT2D eigenvalue weighted by atomic mass is 10.1. The number of nitrogens with two attached hydrogens (primary N) is 1. The minimum absolute atomic E-state index is 0.0478. The highest BCUT2D eigenvalue weighted by molar-refractivity contribution is 7.20. The molecule has 1 aliphatic carbocycles. The summed E-state index contributed by atoms with van der Waals surface area (Å²) in [6.45, 7) is 0.815. The van der Waals surface area contributed by atoms with Gasteiger partial charge in [0.2, 0.25) is 0 Å². The van der Waals surface area contributed by atoms with Crippen LogP contribution in [0.1, 0.15) is 35.4 Å². The van der Waals surface area contributed by atoms with Gasteiger partial charge in [0.05, 0.1) is 4.88 Å². The van der Waals surface area contributed by atoms with Crippen LogP contribution < -0.4 is 11.1 Å². The lowest BCUT2D eigenvalue weighted by molar-refractivity contribution is 0.0951. The monoisotopic (exact) mass is 274 g/mol. The Labute approximate surface area is 116 Å². The Morgan fingerprint density at radius 3 is 2.89 bits per heavy atom. The van der Waals surface area contributed by atoms with Crippen LogP contribution in [0.4, 0.5) is 5.69 Å². The van der Waals surface area contributed by atoms with Crippen molar-refractivity contribution in [3.05, 3.63) is 29.1 Å². The van der Waals surface area contributed by atoms with Gasteiger partial charge < -0.3 is 11.1 Å². The Bertz CT molecular complexity index is 599. The number of thiophene rings is 1. The first-order valence-electron chi connectivity index (χ1n) is 6.79. The Morgan fingerprint density at radius 1 is 1.32 bits per heavy atom. The molecule has 3 N–H and O–H groups in total. The number of hydrogen-bond donors (Lipinski definition) is 2. The van der Waals surface area contributed by atoms with Crippen LogP contribution in [-0.2, 0) is 0 Å². The Hall–Kier alpha value is -1.55. The standard InChI is InChI=1S/C15H18N2OS/c16-12-5-6-13-11(7-12)8-14(19-13)15(18)17-9-10-3-1-2-4-10/h5-8,10H,1-4,9,16H2,(H,17,18). The highest BCUT2D eigenvalue weighted by Gasteiger charge is 2.17. The average Bonchev–Trinajstić information content (AvgIpc) is 3.04. The van der Waals surface area contributed by atoms with E-state index in [9.17, 15) is 4.79 Å². The summed E-state index contributed by atoms with van der Waals surface area (Å²) in [4.78, 5) is 12.9. The van der Waals surface area contributed by atoms with E-state index >= 15 is 0 Å². The van der Waals surface area contributed by atoms with Gasteiger partial charge in [-0.3, -0.25) is 4.79 Å². The van der Waals surface area contributed by atoms with Gasteiger partial charge in [-0.25, -0.2) is 0 Å². The maximum Gasteiger partial charge on any atom is 0.261 e. The van der Waals surface area contributed by atoms with Crippen molar-refractivity contribution in [1.82, 2.24) is 5.32 Å². The zero-order valence-corrected chi connectivity index (χ0v) is 11.6. The summed E-state index contributed by atoms with van der Waals surface area (Å²) in [5, 5.41) is 4.11. The smallest absolute Gasteiger partial charge is 0.261 e. The number of rotatable bonds is 3. The van der Waals surface area contributed by atoms with Crippen LogP contribution in [0.25, 0.3) is 10.1 Å².